The molecule has 2 aromatic carbocycles. The first-order chi connectivity index (χ1) is 23.9. The van der Waals surface area contributed by atoms with Crippen LogP contribution in [-0.4, -0.2) is 4.21 Å². The third kappa shape index (κ3) is 5.03. The molecule has 8 rings (SSSR count). The molecule has 2 saturated carbocycles. The van der Waals surface area contributed by atoms with E-state index in [4.69, 9.17) is 4.21 Å². The van der Waals surface area contributed by atoms with Crippen LogP contribution < -0.4 is 3.27 Å². The van der Waals surface area contributed by atoms with Crippen molar-refractivity contribution in [2.24, 2.45) is 38.9 Å². The minimum atomic E-state index is -4.04. The van der Waals surface area contributed by atoms with Crippen molar-refractivity contribution >= 4 is 37.9 Å². The van der Waals surface area contributed by atoms with Crippen molar-refractivity contribution in [1.82, 2.24) is 0 Å². The van der Waals surface area contributed by atoms with Crippen molar-refractivity contribution in [3.8, 4) is 0 Å². The predicted molar refractivity (Wildman–Crippen MR) is 233 cm³/mol. The Kier molecular flexibility index (Phi) is 10.3. The molecule has 2 fully saturated rings. The predicted octanol–water partition coefficient (Wildman–Crippen LogP) is 14.0. The molecule has 0 aliphatic heterocycles. The molecule has 285 valence electrons. The molecule has 0 bridgehead atoms. The fraction of sp³-hybridized carbons (Fsp3) is 0.540. The van der Waals surface area contributed by atoms with Crippen molar-refractivity contribution in [2.75, 3.05) is 0 Å². The molecule has 0 spiro atoms. The average molecular weight is 830 g/mol. The van der Waals surface area contributed by atoms with E-state index in [1.165, 1.54) is 61.6 Å². The average Bonchev–Trinajstić information content (AvgIpc) is 3.69. The van der Waals surface area contributed by atoms with Gasteiger partial charge in [-0.25, -0.2) is 0 Å². The summed E-state index contributed by atoms with van der Waals surface area (Å²) in [7, 11) is 0. The van der Waals surface area contributed by atoms with Gasteiger partial charge in [-0.05, 0) is 0 Å². The molecule has 0 nitrogen and oxygen atoms in total. The number of hydrogen-bond acceptors (Lipinski definition) is 0. The second kappa shape index (κ2) is 13.3. The molecule has 0 aromatic heterocycles. The summed E-state index contributed by atoms with van der Waals surface area (Å²) in [4.78, 5) is 0. The SMILES string of the molecule is Cl.Cl.[CH2]=[Zr]([C]1=CC(C2(C)CCCCC2)=CC1C)([c]1ccc(C)cc1)[C]1(C)C2=C3Cc4ccccc4C3=C3C=CCCC3C2(C)C(C)(C)C(C)(C)C1(C)C. The van der Waals surface area contributed by atoms with E-state index in [-0.39, 0.29) is 55.0 Å². The Labute approximate surface area is 339 Å². The quantitative estimate of drug-likeness (QED) is 0.288. The molecule has 5 unspecified atom stereocenters. The number of rotatable bonds is 4. The van der Waals surface area contributed by atoms with Crippen LogP contribution in [0.25, 0.3) is 5.57 Å². The zero-order valence-electron chi connectivity index (χ0n) is 34.8. The summed E-state index contributed by atoms with van der Waals surface area (Å²) in [5, 5.41) is 0. The van der Waals surface area contributed by atoms with Gasteiger partial charge in [0.2, 0.25) is 0 Å². The van der Waals surface area contributed by atoms with Gasteiger partial charge in [0.15, 0.2) is 0 Å². The Morgan fingerprint density at radius 1 is 0.774 bits per heavy atom. The Morgan fingerprint density at radius 2 is 1.42 bits per heavy atom. The molecule has 0 saturated heterocycles. The van der Waals surface area contributed by atoms with Gasteiger partial charge in [0.05, 0.1) is 0 Å². The second-order valence-electron chi connectivity index (χ2n) is 20.2. The van der Waals surface area contributed by atoms with Crippen molar-refractivity contribution in [1.29, 1.82) is 0 Å². The van der Waals surface area contributed by atoms with Crippen LogP contribution in [0.1, 0.15) is 131 Å². The van der Waals surface area contributed by atoms with Crippen LogP contribution in [0.15, 0.2) is 98.4 Å². The topological polar surface area (TPSA) is 0 Å². The van der Waals surface area contributed by atoms with E-state index in [1.54, 1.807) is 28.8 Å². The van der Waals surface area contributed by atoms with Gasteiger partial charge in [-0.3, -0.25) is 0 Å². The van der Waals surface area contributed by atoms with Crippen molar-refractivity contribution in [3.05, 3.63) is 115 Å². The van der Waals surface area contributed by atoms with E-state index in [0.717, 1.165) is 6.42 Å². The Morgan fingerprint density at radius 3 is 2.08 bits per heavy atom. The molecule has 5 atom stereocenters. The molecule has 53 heavy (non-hydrogen) atoms. The van der Waals surface area contributed by atoms with E-state index in [1.807, 2.05) is 5.57 Å². The van der Waals surface area contributed by atoms with Crippen molar-refractivity contribution < 1.29 is 19.8 Å². The van der Waals surface area contributed by atoms with Crippen LogP contribution >= 0.6 is 24.8 Å². The minimum absolute atomic E-state index is 0. The van der Waals surface area contributed by atoms with Gasteiger partial charge in [0.25, 0.3) is 0 Å². The van der Waals surface area contributed by atoms with Crippen molar-refractivity contribution in [2.45, 2.75) is 131 Å². The third-order valence-corrected chi connectivity index (χ3v) is 31.5. The Bertz CT molecular complexity index is 2020. The maximum absolute atomic E-state index is 5.94. The van der Waals surface area contributed by atoms with E-state index >= 15 is 0 Å². The fourth-order valence-corrected chi connectivity index (χ4v) is 27.5. The number of benzene rings is 2. The molecule has 6 aliphatic carbocycles. The summed E-state index contributed by atoms with van der Waals surface area (Å²) in [6.45, 7) is 29.0. The van der Waals surface area contributed by atoms with Gasteiger partial charge in [0, 0.05) is 0 Å². The monoisotopic (exact) mass is 827 g/mol. The second-order valence-corrected chi connectivity index (χ2v) is 29.9. The molecular formula is C50H67Cl2Zr. The molecule has 6 aliphatic rings. The Hall–Kier alpha value is -1.53. The zero-order valence-corrected chi connectivity index (χ0v) is 38.9. The van der Waals surface area contributed by atoms with Crippen LogP contribution in [0.5, 0.6) is 0 Å². The van der Waals surface area contributed by atoms with Gasteiger partial charge in [0.1, 0.15) is 0 Å². The number of aryl methyl sites for hydroxylation is 1. The van der Waals surface area contributed by atoms with E-state index in [9.17, 15) is 0 Å². The first kappa shape index (κ1) is 41.1. The zero-order chi connectivity index (χ0) is 36.6. The van der Waals surface area contributed by atoms with Crippen LogP contribution in [0.4, 0.5) is 0 Å². The van der Waals surface area contributed by atoms with Gasteiger partial charge in [-0.15, -0.1) is 24.8 Å². The van der Waals surface area contributed by atoms with Crippen LogP contribution in [0, 0.1) is 45.8 Å². The number of fused-ring (bicyclic) bond motifs is 6. The molecule has 0 N–H and O–H groups in total. The van der Waals surface area contributed by atoms with Crippen LogP contribution in [0.2, 0.25) is 3.12 Å². The maximum atomic E-state index is 5.94. The summed E-state index contributed by atoms with van der Waals surface area (Å²) in [6, 6.07) is 19.4. The molecule has 0 amide bonds. The summed E-state index contributed by atoms with van der Waals surface area (Å²) >= 11 is -4.04. The summed E-state index contributed by atoms with van der Waals surface area (Å²) in [5.74, 6) is 0.911. The van der Waals surface area contributed by atoms with Gasteiger partial charge >= 0.3 is 317 Å². The first-order valence-corrected chi connectivity index (χ1v) is 25.9. The van der Waals surface area contributed by atoms with E-state index in [2.05, 4.69) is 149 Å². The summed E-state index contributed by atoms with van der Waals surface area (Å²) < 4.78 is 9.18. The Balaban J connectivity index is 0.00000240. The first-order valence-electron chi connectivity index (χ1n) is 20.5. The molecule has 0 heterocycles. The van der Waals surface area contributed by atoms with Crippen molar-refractivity contribution in [3.63, 3.8) is 0 Å². The number of hydrogen-bond donors (Lipinski definition) is 0. The summed E-state index contributed by atoms with van der Waals surface area (Å²) in [6.07, 6.45) is 20.8. The number of allylic oxidation sites excluding steroid dienone is 10. The molecule has 3 heteroatoms. The van der Waals surface area contributed by atoms with E-state index < -0.39 is 19.8 Å². The molecule has 2 aromatic rings. The van der Waals surface area contributed by atoms with Gasteiger partial charge in [-0.2, -0.15) is 0 Å². The van der Waals surface area contributed by atoms with E-state index in [0.29, 0.717) is 11.8 Å². The van der Waals surface area contributed by atoms with Gasteiger partial charge in [-0.1, -0.05) is 0 Å². The van der Waals surface area contributed by atoms with Gasteiger partial charge < -0.3 is 0 Å². The third-order valence-electron chi connectivity index (χ3n) is 18.0. The molecular weight excluding hydrogens is 763 g/mol. The fourth-order valence-electron chi connectivity index (χ4n) is 13.5. The van der Waals surface area contributed by atoms with Crippen LogP contribution in [-0.2, 0) is 26.2 Å². The standard InChI is InChI=1S/C29H37.C13H19.C7H7.CH2.2ClH.Zr/c1-18-25-22-17-19-13-9-10-14-20(19)24(22)21-15-11-12-16-23(21)29(25,8)28(6,7)27(4,5)26(18,2)3;1-11-6-7-12(10-11)13(2)8-4-3-5-9-13;1-7-5-3-2-4-6-7;;;;/h9-11,13-15,23H,12,16-17H2,1-8H3;7,10-11H,3-5,8-9H2,1-2H3;3-6H,1H3;1H2;2*1H;. The summed E-state index contributed by atoms with van der Waals surface area (Å²) in [5.41, 5.74) is 13.0. The molecule has 0 radical (unpaired) electrons. The normalized spacial score (nSPS) is 32.5. The van der Waals surface area contributed by atoms with Crippen LogP contribution in [0.3, 0.4) is 0 Å². The number of halogens is 2.